The van der Waals surface area contributed by atoms with E-state index in [-0.39, 0.29) is 11.9 Å². The minimum atomic E-state index is -0.484. The Labute approximate surface area is 174 Å². The van der Waals surface area contributed by atoms with E-state index in [1.165, 1.54) is 4.80 Å². The number of likely N-dealkylation sites (tertiary alicyclic amines) is 1. The van der Waals surface area contributed by atoms with E-state index >= 15 is 0 Å². The van der Waals surface area contributed by atoms with Gasteiger partial charge in [-0.15, -0.1) is 0 Å². The molecule has 0 saturated carbocycles. The Kier molecular flexibility index (Phi) is 5.69. The Morgan fingerprint density at radius 3 is 2.70 bits per heavy atom. The second kappa shape index (κ2) is 8.56. The Morgan fingerprint density at radius 2 is 1.97 bits per heavy atom. The minimum Gasteiger partial charge on any atom is -0.352 e. The van der Waals surface area contributed by atoms with E-state index < -0.39 is 5.82 Å². The van der Waals surface area contributed by atoms with Crippen molar-refractivity contribution in [3.05, 3.63) is 59.9 Å². The van der Waals surface area contributed by atoms with Gasteiger partial charge in [0.2, 0.25) is 5.95 Å². The van der Waals surface area contributed by atoms with Gasteiger partial charge in [-0.05, 0) is 37.8 Å². The molecule has 3 aromatic rings. The highest BCUT2D eigenvalue weighted by molar-refractivity contribution is 5.98. The molecule has 9 heteroatoms. The van der Waals surface area contributed by atoms with E-state index in [1.807, 2.05) is 30.0 Å². The van der Waals surface area contributed by atoms with Crippen molar-refractivity contribution in [2.45, 2.75) is 32.7 Å². The van der Waals surface area contributed by atoms with Crippen LogP contribution in [-0.2, 0) is 0 Å². The molecule has 1 aliphatic rings. The maximum Gasteiger partial charge on any atom is 0.256 e. The summed E-state index contributed by atoms with van der Waals surface area (Å²) in [5.41, 5.74) is 2.22. The zero-order valence-corrected chi connectivity index (χ0v) is 17.0. The van der Waals surface area contributed by atoms with Gasteiger partial charge in [-0.1, -0.05) is 18.6 Å². The molecule has 156 valence electrons. The largest absolute Gasteiger partial charge is 0.352 e. The Morgan fingerprint density at radius 1 is 1.23 bits per heavy atom. The number of hydrogen-bond donors (Lipinski definition) is 1. The number of benzene rings is 1. The number of carbonyl (C=O) groups is 1. The van der Waals surface area contributed by atoms with Crippen molar-refractivity contribution in [2.75, 3.05) is 18.4 Å². The highest BCUT2D eigenvalue weighted by Gasteiger charge is 2.33. The van der Waals surface area contributed by atoms with Crippen molar-refractivity contribution < 1.29 is 9.18 Å². The Hall–Kier alpha value is -3.36. The first-order chi connectivity index (χ1) is 14.5. The van der Waals surface area contributed by atoms with Crippen LogP contribution < -0.4 is 5.32 Å². The molecular weight excluding hydrogens is 385 g/mol. The fourth-order valence-electron chi connectivity index (χ4n) is 3.90. The van der Waals surface area contributed by atoms with Crippen LogP contribution in [0, 0.1) is 18.7 Å². The van der Waals surface area contributed by atoms with Crippen LogP contribution in [0.3, 0.4) is 0 Å². The average molecular weight is 409 g/mol. The summed E-state index contributed by atoms with van der Waals surface area (Å²) >= 11 is 0. The van der Waals surface area contributed by atoms with Crippen LogP contribution in [0.1, 0.15) is 35.7 Å². The molecule has 1 fully saturated rings. The number of amides is 1. The average Bonchev–Trinajstić information content (AvgIpc) is 3.28. The maximum atomic E-state index is 13.6. The Balaban J connectivity index is 1.60. The molecule has 1 saturated heterocycles. The van der Waals surface area contributed by atoms with E-state index in [9.17, 15) is 9.18 Å². The van der Waals surface area contributed by atoms with Gasteiger partial charge in [0.1, 0.15) is 0 Å². The number of halogens is 1. The van der Waals surface area contributed by atoms with Gasteiger partial charge in [-0.3, -0.25) is 4.79 Å². The summed E-state index contributed by atoms with van der Waals surface area (Å²) in [6.07, 6.45) is 7.40. The van der Waals surface area contributed by atoms with Gasteiger partial charge < -0.3 is 10.2 Å². The molecule has 2 unspecified atom stereocenters. The number of aromatic nitrogens is 5. The van der Waals surface area contributed by atoms with Gasteiger partial charge in [-0.2, -0.15) is 15.0 Å². The lowest BCUT2D eigenvalue weighted by molar-refractivity contribution is 0.0539. The number of hydrogen-bond acceptors (Lipinski definition) is 6. The number of carbonyl (C=O) groups excluding carboxylic acids is 1. The topological polar surface area (TPSA) is 88.8 Å². The molecule has 0 aliphatic carbocycles. The predicted octanol–water partition coefficient (Wildman–Crippen LogP) is 2.86. The van der Waals surface area contributed by atoms with Crippen molar-refractivity contribution >= 4 is 11.9 Å². The lowest BCUT2D eigenvalue weighted by Crippen LogP contribution is -2.51. The van der Waals surface area contributed by atoms with Gasteiger partial charge in [-0.25, -0.2) is 14.4 Å². The van der Waals surface area contributed by atoms with Gasteiger partial charge >= 0.3 is 0 Å². The van der Waals surface area contributed by atoms with E-state index in [4.69, 9.17) is 0 Å². The molecule has 4 rings (SSSR count). The van der Waals surface area contributed by atoms with E-state index in [1.54, 1.807) is 12.4 Å². The SMILES string of the molecule is Cc1ccc(-n2nccn2)c(C(=O)N2CCCC(C)C2CNc2ncc(F)cn2)c1. The normalized spacial score (nSPS) is 19.0. The molecule has 1 amide bonds. The summed E-state index contributed by atoms with van der Waals surface area (Å²) in [7, 11) is 0. The minimum absolute atomic E-state index is 0.0427. The van der Waals surface area contributed by atoms with E-state index in [0.717, 1.165) is 30.8 Å². The van der Waals surface area contributed by atoms with Crippen molar-refractivity contribution in [1.82, 2.24) is 29.9 Å². The second-order valence-electron chi connectivity index (χ2n) is 7.63. The van der Waals surface area contributed by atoms with Crippen LogP contribution in [0.5, 0.6) is 0 Å². The molecule has 30 heavy (non-hydrogen) atoms. The zero-order chi connectivity index (χ0) is 21.1. The van der Waals surface area contributed by atoms with Crippen molar-refractivity contribution in [3.63, 3.8) is 0 Å². The van der Waals surface area contributed by atoms with Crippen molar-refractivity contribution in [1.29, 1.82) is 0 Å². The number of rotatable bonds is 5. The highest BCUT2D eigenvalue weighted by Crippen LogP contribution is 2.27. The van der Waals surface area contributed by atoms with Crippen molar-refractivity contribution in [2.24, 2.45) is 5.92 Å². The van der Waals surface area contributed by atoms with Crippen molar-refractivity contribution in [3.8, 4) is 5.69 Å². The summed E-state index contributed by atoms with van der Waals surface area (Å²) in [6.45, 7) is 5.25. The number of piperidine rings is 1. The number of anilines is 1. The van der Waals surface area contributed by atoms with Gasteiger partial charge in [0.05, 0.1) is 42.1 Å². The lowest BCUT2D eigenvalue weighted by Gasteiger charge is -2.40. The molecule has 8 nitrogen and oxygen atoms in total. The molecular formula is C21H24FN7O. The molecule has 0 radical (unpaired) electrons. The zero-order valence-electron chi connectivity index (χ0n) is 17.0. The summed E-state index contributed by atoms with van der Waals surface area (Å²) in [6, 6.07) is 5.65. The molecule has 2 atom stereocenters. The van der Waals surface area contributed by atoms with E-state index in [0.29, 0.717) is 36.2 Å². The Bertz CT molecular complexity index is 1010. The summed E-state index contributed by atoms with van der Waals surface area (Å²) in [5.74, 6) is 0.109. The molecule has 1 N–H and O–H groups in total. The van der Waals surface area contributed by atoms with E-state index in [2.05, 4.69) is 32.4 Å². The number of nitrogens with one attached hydrogen (secondary N) is 1. The number of nitrogens with zero attached hydrogens (tertiary/aromatic N) is 6. The van der Waals surface area contributed by atoms with Crippen LogP contribution in [-0.4, -0.2) is 54.9 Å². The second-order valence-corrected chi connectivity index (χ2v) is 7.63. The lowest BCUT2D eigenvalue weighted by atomic mass is 9.90. The molecule has 2 aromatic heterocycles. The van der Waals surface area contributed by atoms with Gasteiger partial charge in [0, 0.05) is 13.1 Å². The fourth-order valence-corrected chi connectivity index (χ4v) is 3.90. The molecule has 0 spiro atoms. The number of aryl methyl sites for hydroxylation is 1. The quantitative estimate of drug-likeness (QED) is 0.697. The standard InChI is InChI=1S/C21H24FN7O/c1-14-5-6-18(29-26-7-8-27-29)17(10-14)20(30)28-9-3-4-15(2)19(28)13-25-21-23-11-16(22)12-24-21/h5-8,10-12,15,19H,3-4,9,13H2,1-2H3,(H,23,24,25). The summed E-state index contributed by atoms with van der Waals surface area (Å²) in [5, 5.41) is 11.5. The molecule has 1 aromatic carbocycles. The van der Waals surface area contributed by atoms with Crippen LogP contribution in [0.15, 0.2) is 43.0 Å². The smallest absolute Gasteiger partial charge is 0.256 e. The molecule has 1 aliphatic heterocycles. The van der Waals surface area contributed by atoms with Crippen LogP contribution >= 0.6 is 0 Å². The summed E-state index contributed by atoms with van der Waals surface area (Å²) < 4.78 is 13.1. The highest BCUT2D eigenvalue weighted by atomic mass is 19.1. The first-order valence-corrected chi connectivity index (χ1v) is 10.0. The van der Waals surface area contributed by atoms with Crippen LogP contribution in [0.4, 0.5) is 10.3 Å². The van der Waals surface area contributed by atoms with Gasteiger partial charge in [0.25, 0.3) is 5.91 Å². The predicted molar refractivity (Wildman–Crippen MR) is 110 cm³/mol. The first kappa shape index (κ1) is 19.9. The molecule has 3 heterocycles. The van der Waals surface area contributed by atoms with Crippen LogP contribution in [0.2, 0.25) is 0 Å². The van der Waals surface area contributed by atoms with Crippen LogP contribution in [0.25, 0.3) is 5.69 Å². The first-order valence-electron chi connectivity index (χ1n) is 10.0. The third-order valence-corrected chi connectivity index (χ3v) is 5.48. The van der Waals surface area contributed by atoms with Gasteiger partial charge in [0.15, 0.2) is 5.82 Å². The third kappa shape index (κ3) is 4.14. The fraction of sp³-hybridized carbons (Fsp3) is 0.381. The summed E-state index contributed by atoms with van der Waals surface area (Å²) in [4.78, 5) is 24.9. The monoisotopic (exact) mass is 409 g/mol. The third-order valence-electron chi connectivity index (χ3n) is 5.48. The maximum absolute atomic E-state index is 13.6. The molecule has 0 bridgehead atoms.